The average Bonchev–Trinajstić information content (AvgIpc) is 2.34. The second kappa shape index (κ2) is 7.53. The fourth-order valence-electron chi connectivity index (χ4n) is 1.33. The van der Waals surface area contributed by atoms with Crippen LogP contribution in [0.5, 0.6) is 5.75 Å². The summed E-state index contributed by atoms with van der Waals surface area (Å²) in [6, 6.07) is 0.565. The van der Waals surface area contributed by atoms with Gasteiger partial charge in [-0.15, -0.1) is 12.4 Å². The third-order valence-electron chi connectivity index (χ3n) is 2.34. The number of hydrogen-bond donors (Lipinski definition) is 2. The molecule has 114 valence electrons. The van der Waals surface area contributed by atoms with Gasteiger partial charge in [0.25, 0.3) is 0 Å². The van der Waals surface area contributed by atoms with E-state index in [1.807, 2.05) is 0 Å². The van der Waals surface area contributed by atoms with Crippen LogP contribution in [0.25, 0.3) is 0 Å². The van der Waals surface area contributed by atoms with E-state index in [1.165, 1.54) is 19.1 Å². The maximum Gasteiger partial charge on any atom is 0.379 e. The van der Waals surface area contributed by atoms with Crippen molar-refractivity contribution in [2.75, 3.05) is 6.61 Å². The van der Waals surface area contributed by atoms with E-state index in [9.17, 15) is 18.7 Å². The highest BCUT2D eigenvalue weighted by atomic mass is 79.9. The Labute approximate surface area is 137 Å². The number of carbonyl (C=O) groups excluding carboxylic acids is 1. The number of rotatable bonds is 4. The van der Waals surface area contributed by atoms with E-state index >= 15 is 0 Å². The Morgan fingerprint density at radius 2 is 1.90 bits per heavy atom. The SMILES string of the molecule is CCOC(=O)C(F)(F)[C@H](N)c1cc(Br)c(O)c(Br)c1.Cl. The minimum Gasteiger partial charge on any atom is -0.506 e. The Morgan fingerprint density at radius 1 is 1.45 bits per heavy atom. The maximum absolute atomic E-state index is 13.8. The Balaban J connectivity index is 0.00000361. The molecule has 0 bridgehead atoms. The van der Waals surface area contributed by atoms with Crippen molar-refractivity contribution < 1.29 is 23.4 Å². The first kappa shape index (κ1) is 19.6. The lowest BCUT2D eigenvalue weighted by molar-refractivity contribution is -0.174. The quantitative estimate of drug-likeness (QED) is 0.704. The molecular formula is C11H12Br2ClF2NO3. The number of phenols is 1. The van der Waals surface area contributed by atoms with Crippen LogP contribution in [0.2, 0.25) is 0 Å². The molecule has 0 saturated carbocycles. The van der Waals surface area contributed by atoms with Crippen LogP contribution in [-0.2, 0) is 9.53 Å². The molecule has 0 radical (unpaired) electrons. The van der Waals surface area contributed by atoms with Gasteiger partial charge >= 0.3 is 11.9 Å². The van der Waals surface area contributed by atoms with Crippen molar-refractivity contribution in [3.8, 4) is 5.75 Å². The number of phenolic OH excluding ortho intramolecular Hbond substituents is 1. The van der Waals surface area contributed by atoms with Gasteiger partial charge < -0.3 is 15.6 Å². The number of hydrogen-bond acceptors (Lipinski definition) is 4. The molecule has 0 saturated heterocycles. The van der Waals surface area contributed by atoms with Gasteiger partial charge in [-0.3, -0.25) is 0 Å². The molecule has 0 aliphatic carbocycles. The van der Waals surface area contributed by atoms with Crippen molar-refractivity contribution in [1.29, 1.82) is 0 Å². The van der Waals surface area contributed by atoms with Crippen LogP contribution in [0.4, 0.5) is 8.78 Å². The van der Waals surface area contributed by atoms with Crippen LogP contribution in [-0.4, -0.2) is 23.6 Å². The van der Waals surface area contributed by atoms with E-state index in [1.54, 1.807) is 0 Å². The average molecular weight is 439 g/mol. The summed E-state index contributed by atoms with van der Waals surface area (Å²) in [5.41, 5.74) is 5.40. The zero-order chi connectivity index (χ0) is 14.8. The molecule has 0 aliphatic rings. The first-order valence-electron chi connectivity index (χ1n) is 5.20. The number of benzene rings is 1. The highest BCUT2D eigenvalue weighted by molar-refractivity contribution is 9.11. The molecule has 20 heavy (non-hydrogen) atoms. The van der Waals surface area contributed by atoms with Crippen LogP contribution < -0.4 is 5.73 Å². The lowest BCUT2D eigenvalue weighted by Gasteiger charge is -2.22. The van der Waals surface area contributed by atoms with Crippen LogP contribution >= 0.6 is 44.3 Å². The molecule has 0 spiro atoms. The van der Waals surface area contributed by atoms with Gasteiger partial charge in [0.05, 0.1) is 15.6 Å². The lowest BCUT2D eigenvalue weighted by Crippen LogP contribution is -2.41. The molecule has 0 amide bonds. The van der Waals surface area contributed by atoms with Gasteiger partial charge in [0.1, 0.15) is 11.8 Å². The monoisotopic (exact) mass is 437 g/mol. The standard InChI is InChI=1S/C11H11Br2F2NO3.ClH/c1-2-19-10(18)11(14,15)9(16)5-3-6(12)8(17)7(13)4-5;/h3-4,9,17H,2,16H2,1H3;1H/t9-;/m1./s1. The minimum atomic E-state index is -3.86. The smallest absolute Gasteiger partial charge is 0.379 e. The Bertz CT molecular complexity index is 480. The molecule has 0 heterocycles. The summed E-state index contributed by atoms with van der Waals surface area (Å²) in [5, 5.41) is 9.50. The van der Waals surface area contributed by atoms with Crippen molar-refractivity contribution in [3.05, 3.63) is 26.6 Å². The van der Waals surface area contributed by atoms with Crippen LogP contribution in [0, 0.1) is 0 Å². The van der Waals surface area contributed by atoms with Crippen LogP contribution in [0.3, 0.4) is 0 Å². The normalized spacial score (nSPS) is 12.5. The van der Waals surface area contributed by atoms with Gasteiger partial charge in [0.15, 0.2) is 0 Å². The van der Waals surface area contributed by atoms with Gasteiger partial charge in [-0.2, -0.15) is 8.78 Å². The topological polar surface area (TPSA) is 72.5 Å². The summed E-state index contributed by atoms with van der Waals surface area (Å²) in [4.78, 5) is 11.2. The number of halogens is 5. The predicted octanol–water partition coefficient (Wildman–Crippen LogP) is 3.54. The van der Waals surface area contributed by atoms with Gasteiger partial charge in [-0.1, -0.05) is 0 Å². The first-order valence-corrected chi connectivity index (χ1v) is 6.78. The number of alkyl halides is 2. The molecule has 1 rings (SSSR count). The summed E-state index contributed by atoms with van der Waals surface area (Å²) in [5.74, 6) is -5.68. The second-order valence-corrected chi connectivity index (χ2v) is 5.36. The molecule has 0 aromatic heterocycles. The fraction of sp³-hybridized carbons (Fsp3) is 0.364. The summed E-state index contributed by atoms with van der Waals surface area (Å²) >= 11 is 6.01. The molecule has 0 aliphatic heterocycles. The van der Waals surface area contributed by atoms with Gasteiger partial charge in [0.2, 0.25) is 0 Å². The van der Waals surface area contributed by atoms with Gasteiger partial charge in [-0.25, -0.2) is 4.79 Å². The molecule has 0 fully saturated rings. The van der Waals surface area contributed by atoms with E-state index < -0.39 is 17.9 Å². The summed E-state index contributed by atoms with van der Waals surface area (Å²) < 4.78 is 32.2. The van der Waals surface area contributed by atoms with Crippen molar-refractivity contribution in [1.82, 2.24) is 0 Å². The zero-order valence-corrected chi connectivity index (χ0v) is 14.2. The molecular weight excluding hydrogens is 427 g/mol. The minimum absolute atomic E-state index is 0. The van der Waals surface area contributed by atoms with E-state index in [4.69, 9.17) is 5.73 Å². The third-order valence-corrected chi connectivity index (χ3v) is 3.55. The van der Waals surface area contributed by atoms with E-state index in [-0.39, 0.29) is 39.3 Å². The second-order valence-electron chi connectivity index (χ2n) is 3.65. The molecule has 1 atom stereocenters. The molecule has 1 aromatic rings. The number of carbonyl (C=O) groups is 1. The van der Waals surface area contributed by atoms with Crippen LogP contribution in [0.1, 0.15) is 18.5 Å². The molecule has 9 heteroatoms. The fourth-order valence-corrected chi connectivity index (χ4v) is 2.55. The number of esters is 1. The third kappa shape index (κ3) is 4.03. The first-order chi connectivity index (χ1) is 8.71. The number of aromatic hydroxyl groups is 1. The predicted molar refractivity (Wildman–Crippen MR) is 79.3 cm³/mol. The van der Waals surface area contributed by atoms with Gasteiger partial charge in [-0.05, 0) is 56.5 Å². The molecule has 1 aromatic carbocycles. The Hall–Kier alpha value is -0.440. The van der Waals surface area contributed by atoms with Crippen molar-refractivity contribution in [3.63, 3.8) is 0 Å². The van der Waals surface area contributed by atoms with Crippen molar-refractivity contribution in [2.45, 2.75) is 18.9 Å². The Morgan fingerprint density at radius 3 is 2.30 bits per heavy atom. The highest BCUT2D eigenvalue weighted by Crippen LogP contribution is 2.38. The van der Waals surface area contributed by atoms with Crippen molar-refractivity contribution in [2.24, 2.45) is 5.73 Å². The number of ether oxygens (including phenoxy) is 1. The molecule has 0 unspecified atom stereocenters. The number of nitrogens with two attached hydrogens (primary N) is 1. The van der Waals surface area contributed by atoms with Gasteiger partial charge in [0, 0.05) is 0 Å². The summed E-state index contributed by atoms with van der Waals surface area (Å²) in [6.07, 6.45) is 0. The van der Waals surface area contributed by atoms with Crippen LogP contribution in [0.15, 0.2) is 21.1 Å². The lowest BCUT2D eigenvalue weighted by atomic mass is 10.0. The summed E-state index contributed by atoms with van der Waals surface area (Å²) in [6.45, 7) is 1.26. The summed E-state index contributed by atoms with van der Waals surface area (Å²) in [7, 11) is 0. The molecule has 4 nitrogen and oxygen atoms in total. The van der Waals surface area contributed by atoms with Crippen molar-refractivity contribution >= 4 is 50.2 Å². The Kier molecular flexibility index (Phi) is 7.37. The van der Waals surface area contributed by atoms with E-state index in [2.05, 4.69) is 36.6 Å². The van der Waals surface area contributed by atoms with E-state index in [0.717, 1.165) is 0 Å². The largest absolute Gasteiger partial charge is 0.506 e. The highest BCUT2D eigenvalue weighted by Gasteiger charge is 2.48. The van der Waals surface area contributed by atoms with E-state index in [0.29, 0.717) is 0 Å². The zero-order valence-electron chi connectivity index (χ0n) is 10.2. The maximum atomic E-state index is 13.8. The molecule has 3 N–H and O–H groups in total.